The zero-order valence-corrected chi connectivity index (χ0v) is 23.3. The van der Waals surface area contributed by atoms with Gasteiger partial charge in [-0.3, -0.25) is 0 Å². The molecule has 0 aliphatic carbocycles. The van der Waals surface area contributed by atoms with E-state index in [-0.39, 0.29) is 13.6 Å². The molecule has 2 aromatic carbocycles. The van der Waals surface area contributed by atoms with E-state index in [1.54, 1.807) is 0 Å². The zero-order chi connectivity index (χ0) is 26.8. The molecular formula is C30H36N3O4P. The van der Waals surface area contributed by atoms with E-state index < -0.39 is 0 Å². The van der Waals surface area contributed by atoms with E-state index in [4.69, 9.17) is 18.5 Å². The van der Waals surface area contributed by atoms with Gasteiger partial charge >= 0.3 is 0 Å². The quantitative estimate of drug-likeness (QED) is 0.173. The SMILES string of the molecule is C=C(Nc1ccc(C#Cc2ccc(OCCCOP3CCOCC3)cc2)cc1)Nc1cc(C(C)(C)C)on1. The number of hydrogen-bond acceptors (Lipinski definition) is 7. The molecule has 7 nitrogen and oxygen atoms in total. The molecule has 2 heterocycles. The Morgan fingerprint density at radius 1 is 0.974 bits per heavy atom. The number of hydrogen-bond donors (Lipinski definition) is 2. The molecule has 0 atom stereocenters. The van der Waals surface area contributed by atoms with Crippen LogP contribution < -0.4 is 15.4 Å². The molecule has 8 heteroatoms. The molecule has 0 saturated carbocycles. The number of rotatable bonds is 10. The van der Waals surface area contributed by atoms with Crippen LogP contribution in [0.1, 0.15) is 44.1 Å². The van der Waals surface area contributed by atoms with Gasteiger partial charge in [0.15, 0.2) is 5.82 Å². The van der Waals surface area contributed by atoms with Gasteiger partial charge in [0.2, 0.25) is 0 Å². The normalized spacial score (nSPS) is 13.9. The molecule has 0 unspecified atom stereocenters. The molecule has 0 bridgehead atoms. The third-order valence-corrected chi connectivity index (χ3v) is 7.63. The van der Waals surface area contributed by atoms with Gasteiger partial charge in [0.1, 0.15) is 17.3 Å². The summed E-state index contributed by atoms with van der Waals surface area (Å²) in [5.41, 5.74) is 2.65. The van der Waals surface area contributed by atoms with Gasteiger partial charge in [-0.25, -0.2) is 0 Å². The number of benzene rings is 2. The summed E-state index contributed by atoms with van der Waals surface area (Å²) in [5.74, 6) is 9.29. The molecule has 4 rings (SSSR count). The largest absolute Gasteiger partial charge is 0.494 e. The molecule has 1 aromatic heterocycles. The van der Waals surface area contributed by atoms with Gasteiger partial charge in [0.25, 0.3) is 0 Å². The minimum absolute atomic E-state index is 0.102. The summed E-state index contributed by atoms with van der Waals surface area (Å²) in [6.07, 6.45) is 2.99. The second kappa shape index (κ2) is 13.5. The van der Waals surface area contributed by atoms with Gasteiger partial charge in [0.05, 0.1) is 26.4 Å². The summed E-state index contributed by atoms with van der Waals surface area (Å²) in [5, 5.41) is 10.4. The number of nitrogens with zero attached hydrogens (tertiary/aromatic N) is 1. The van der Waals surface area contributed by atoms with Crippen LogP contribution in [0, 0.1) is 11.8 Å². The Kier molecular flexibility index (Phi) is 9.84. The molecule has 1 aliphatic rings. The highest BCUT2D eigenvalue weighted by atomic mass is 31.1. The Labute approximate surface area is 226 Å². The topological polar surface area (TPSA) is 77.8 Å². The summed E-state index contributed by atoms with van der Waals surface area (Å²) in [6.45, 7) is 13.3. The van der Waals surface area contributed by atoms with Gasteiger partial charge in [-0.15, -0.1) is 0 Å². The summed E-state index contributed by atoms with van der Waals surface area (Å²) in [6, 6.07) is 17.6. The third kappa shape index (κ3) is 8.92. The van der Waals surface area contributed by atoms with E-state index in [9.17, 15) is 0 Å². The average molecular weight is 534 g/mol. The average Bonchev–Trinajstić information content (AvgIpc) is 3.38. The maximum absolute atomic E-state index is 5.94. The Morgan fingerprint density at radius 2 is 1.63 bits per heavy atom. The fourth-order valence-electron chi connectivity index (χ4n) is 3.58. The van der Waals surface area contributed by atoms with E-state index in [1.807, 2.05) is 54.6 Å². The maximum atomic E-state index is 5.94. The molecule has 2 N–H and O–H groups in total. The fraction of sp³-hybridized carbons (Fsp3) is 0.367. The summed E-state index contributed by atoms with van der Waals surface area (Å²) in [7, 11) is -0.300. The van der Waals surface area contributed by atoms with Crippen molar-refractivity contribution in [1.29, 1.82) is 0 Å². The second-order valence-electron chi connectivity index (χ2n) is 9.98. The van der Waals surface area contributed by atoms with Crippen LogP contribution in [0.25, 0.3) is 0 Å². The van der Waals surface area contributed by atoms with Crippen molar-refractivity contribution < 1.29 is 18.5 Å². The van der Waals surface area contributed by atoms with Crippen LogP contribution >= 0.6 is 8.15 Å². The van der Waals surface area contributed by atoms with E-state index in [2.05, 4.69) is 55.0 Å². The van der Waals surface area contributed by atoms with Gasteiger partial charge in [-0.2, -0.15) is 0 Å². The van der Waals surface area contributed by atoms with Crippen LogP contribution in [0.15, 0.2) is 71.5 Å². The molecular weight excluding hydrogens is 497 g/mol. The summed E-state index contributed by atoms with van der Waals surface area (Å²) >= 11 is 0. The first-order chi connectivity index (χ1) is 18.3. The highest BCUT2D eigenvalue weighted by Gasteiger charge is 2.19. The molecule has 38 heavy (non-hydrogen) atoms. The smallest absolute Gasteiger partial charge is 0.175 e. The monoisotopic (exact) mass is 533 g/mol. The predicted molar refractivity (Wildman–Crippen MR) is 154 cm³/mol. The van der Waals surface area contributed by atoms with Gasteiger partial charge < -0.3 is 29.2 Å². The standard InChI is InChI=1S/C30H36N3O4P/c1-23(32-29-22-28(37-33-29)30(2,3)4)31-26-12-8-24(9-13-26)6-7-25-10-14-27(15-11-25)35-16-5-17-36-38-20-18-34-19-21-38/h8-15,22,31H,1,5,16-21H2,2-4H3,(H,32,33). The molecule has 0 radical (unpaired) electrons. The van der Waals surface area contributed by atoms with Gasteiger partial charge in [-0.05, 0) is 48.5 Å². The first-order valence-corrected chi connectivity index (χ1v) is 14.5. The highest BCUT2D eigenvalue weighted by molar-refractivity contribution is 7.52. The van der Waals surface area contributed by atoms with Crippen LogP contribution in [0.5, 0.6) is 5.75 Å². The molecule has 0 spiro atoms. The van der Waals surface area contributed by atoms with Gasteiger partial charge in [-0.1, -0.05) is 44.3 Å². The van der Waals surface area contributed by atoms with E-state index in [0.29, 0.717) is 18.2 Å². The number of nitrogens with one attached hydrogen (secondary N) is 2. The van der Waals surface area contributed by atoms with Crippen molar-refractivity contribution in [3.63, 3.8) is 0 Å². The minimum Gasteiger partial charge on any atom is -0.494 e. The maximum Gasteiger partial charge on any atom is 0.175 e. The number of anilines is 2. The summed E-state index contributed by atoms with van der Waals surface area (Å²) in [4.78, 5) is 0. The van der Waals surface area contributed by atoms with E-state index >= 15 is 0 Å². The lowest BCUT2D eigenvalue weighted by Gasteiger charge is -2.22. The van der Waals surface area contributed by atoms with E-state index in [1.165, 1.54) is 0 Å². The van der Waals surface area contributed by atoms with Crippen molar-refractivity contribution in [1.82, 2.24) is 5.16 Å². The Morgan fingerprint density at radius 3 is 2.26 bits per heavy atom. The molecule has 3 aromatic rings. The molecule has 1 aliphatic heterocycles. The minimum atomic E-state index is -0.300. The van der Waals surface area contributed by atoms with Crippen molar-refractivity contribution in [2.24, 2.45) is 0 Å². The van der Waals surface area contributed by atoms with Crippen molar-refractivity contribution in [3.05, 3.63) is 83.9 Å². The first-order valence-electron chi connectivity index (χ1n) is 12.9. The van der Waals surface area contributed by atoms with Crippen molar-refractivity contribution in [2.75, 3.05) is 49.4 Å². The molecule has 200 valence electrons. The third-order valence-electron chi connectivity index (χ3n) is 5.72. The second-order valence-corrected chi connectivity index (χ2v) is 12.1. The first kappa shape index (κ1) is 27.7. The Hall–Kier alpha value is -3.30. The van der Waals surface area contributed by atoms with Gasteiger partial charge in [0, 0.05) is 55.2 Å². The highest BCUT2D eigenvalue weighted by Crippen LogP contribution is 2.38. The lowest BCUT2D eigenvalue weighted by Crippen LogP contribution is -2.14. The van der Waals surface area contributed by atoms with Crippen molar-refractivity contribution in [2.45, 2.75) is 32.6 Å². The zero-order valence-electron chi connectivity index (χ0n) is 22.4. The molecule has 0 amide bonds. The fourth-order valence-corrected chi connectivity index (χ4v) is 5.12. The predicted octanol–water partition coefficient (Wildman–Crippen LogP) is 6.58. The van der Waals surface area contributed by atoms with Crippen molar-refractivity contribution in [3.8, 4) is 17.6 Å². The van der Waals surface area contributed by atoms with Crippen molar-refractivity contribution >= 4 is 19.7 Å². The summed E-state index contributed by atoms with van der Waals surface area (Å²) < 4.78 is 22.6. The van der Waals surface area contributed by atoms with Crippen LogP contribution in [0.4, 0.5) is 11.5 Å². The van der Waals surface area contributed by atoms with Crippen LogP contribution in [-0.2, 0) is 14.7 Å². The Balaban J connectivity index is 1.19. The molecule has 1 saturated heterocycles. The number of ether oxygens (including phenoxy) is 2. The van der Waals surface area contributed by atoms with E-state index in [0.717, 1.165) is 66.9 Å². The van der Waals surface area contributed by atoms with Crippen LogP contribution in [0.3, 0.4) is 0 Å². The molecule has 1 fully saturated rings. The van der Waals surface area contributed by atoms with Crippen LogP contribution in [0.2, 0.25) is 0 Å². The number of aromatic nitrogens is 1. The Bertz CT molecular complexity index is 1230. The lowest BCUT2D eigenvalue weighted by molar-refractivity contribution is 0.150. The lowest BCUT2D eigenvalue weighted by atomic mass is 9.93. The van der Waals surface area contributed by atoms with Crippen LogP contribution in [-0.4, -0.2) is 43.9 Å².